The van der Waals surface area contributed by atoms with Gasteiger partial charge in [0.25, 0.3) is 6.71 Å². The van der Waals surface area contributed by atoms with Crippen molar-refractivity contribution in [2.75, 3.05) is 14.7 Å². The first kappa shape index (κ1) is 54.1. The van der Waals surface area contributed by atoms with E-state index < -0.39 is 0 Å². The number of fused-ring (bicyclic) bond motifs is 12. The minimum Gasteiger partial charge on any atom is -0.311 e. The van der Waals surface area contributed by atoms with Gasteiger partial charge in [-0.15, -0.1) is 22.7 Å². The first-order valence-corrected chi connectivity index (χ1v) is 32.9. The Bertz CT molecular complexity index is 4390. The lowest BCUT2D eigenvalue weighted by molar-refractivity contribution is 0.332. The van der Waals surface area contributed by atoms with Gasteiger partial charge in [-0.1, -0.05) is 171 Å². The zero-order valence-electron chi connectivity index (χ0n) is 52.4. The summed E-state index contributed by atoms with van der Waals surface area (Å²) in [6.45, 7) is 37.0. The van der Waals surface area contributed by atoms with Crippen LogP contribution in [-0.2, 0) is 37.9 Å². The molecule has 4 heterocycles. The molecule has 2 aliphatic heterocycles. The van der Waals surface area contributed by atoms with Crippen molar-refractivity contribution in [1.29, 1.82) is 0 Å². The standard InChI is InChI=1S/C78H82BN3S2/c1-72(2,3)47-25-27-49(28-26-47)81-63-45-60-59(76(10,11)36-37-77(60,12)13)44-62(63)79-69-64(81)40-52(80(48-21-17-16-18-22-48)51-29-31-54-53-23-19-20-24-66(53)83-67(54)42-51)41-65(69)82(50-30-32-56-57(39-50)74(6,7)34-33-73(56,4)5)70-55-43-58-61(46-68(55)84-71(70)79)78(14,15)38-35-75(58,8)9/h16-32,39-46H,33-38H2,1-15H3. The van der Waals surface area contributed by atoms with Crippen LogP contribution in [0.5, 0.6) is 0 Å². The number of nitrogens with zero attached hydrogens (tertiary/aromatic N) is 3. The molecule has 0 N–H and O–H groups in total. The molecule has 5 aliphatic rings. The van der Waals surface area contributed by atoms with Gasteiger partial charge < -0.3 is 14.7 Å². The van der Waals surface area contributed by atoms with E-state index in [0.717, 1.165) is 36.3 Å². The molecule has 3 aliphatic carbocycles. The molecule has 8 aromatic carbocycles. The van der Waals surface area contributed by atoms with Crippen LogP contribution < -0.4 is 30.4 Å². The van der Waals surface area contributed by atoms with Gasteiger partial charge in [-0.25, -0.2) is 0 Å². The number of benzene rings is 8. The summed E-state index contributed by atoms with van der Waals surface area (Å²) < 4.78 is 5.46. The lowest BCUT2D eigenvalue weighted by Crippen LogP contribution is -2.61. The molecule has 0 fully saturated rings. The van der Waals surface area contributed by atoms with E-state index in [0.29, 0.717) is 0 Å². The van der Waals surface area contributed by atoms with E-state index in [-0.39, 0.29) is 44.6 Å². The summed E-state index contributed by atoms with van der Waals surface area (Å²) in [7, 11) is 0. The van der Waals surface area contributed by atoms with Crippen LogP contribution in [0.25, 0.3) is 30.3 Å². The third-order valence-corrected chi connectivity index (χ3v) is 23.9. The van der Waals surface area contributed by atoms with Crippen LogP contribution >= 0.6 is 22.7 Å². The van der Waals surface area contributed by atoms with E-state index >= 15 is 0 Å². The van der Waals surface area contributed by atoms with Crippen molar-refractivity contribution < 1.29 is 0 Å². The lowest BCUT2D eigenvalue weighted by atomic mass is 9.35. The second kappa shape index (κ2) is 18.0. The van der Waals surface area contributed by atoms with Crippen LogP contribution in [0.1, 0.15) is 181 Å². The minimum absolute atomic E-state index is 0.00325. The molecule has 0 saturated heterocycles. The van der Waals surface area contributed by atoms with Gasteiger partial charge in [0, 0.05) is 74.8 Å². The maximum absolute atomic E-state index is 2.79. The van der Waals surface area contributed by atoms with E-state index in [1.54, 1.807) is 0 Å². The molecule has 6 heteroatoms. The molecule has 15 rings (SSSR count). The van der Waals surface area contributed by atoms with Crippen molar-refractivity contribution in [3.05, 3.63) is 191 Å². The first-order chi connectivity index (χ1) is 39.7. The fourth-order valence-electron chi connectivity index (χ4n) is 16.0. The largest absolute Gasteiger partial charge is 0.311 e. The maximum atomic E-state index is 2.79. The average Bonchev–Trinajstić information content (AvgIpc) is 1.26. The van der Waals surface area contributed by atoms with Crippen molar-refractivity contribution in [2.24, 2.45) is 0 Å². The minimum atomic E-state index is -0.0231. The van der Waals surface area contributed by atoms with Gasteiger partial charge in [-0.2, -0.15) is 0 Å². The maximum Gasteiger partial charge on any atom is 0.264 e. The normalized spacial score (nSPS) is 19.1. The third kappa shape index (κ3) is 8.07. The molecule has 2 aromatic heterocycles. The van der Waals surface area contributed by atoms with Gasteiger partial charge in [0.15, 0.2) is 0 Å². The van der Waals surface area contributed by atoms with Crippen molar-refractivity contribution >= 4 is 127 Å². The van der Waals surface area contributed by atoms with Crippen molar-refractivity contribution in [3.63, 3.8) is 0 Å². The Morgan fingerprint density at radius 2 is 0.917 bits per heavy atom. The van der Waals surface area contributed by atoms with Crippen LogP contribution in [0, 0.1) is 0 Å². The molecule has 0 spiro atoms. The van der Waals surface area contributed by atoms with Crippen molar-refractivity contribution in [3.8, 4) is 0 Å². The fourth-order valence-corrected chi connectivity index (χ4v) is 18.4. The monoisotopic (exact) mass is 1140 g/mol. The Morgan fingerprint density at radius 1 is 0.393 bits per heavy atom. The Hall–Kier alpha value is -6.60. The topological polar surface area (TPSA) is 9.72 Å². The highest BCUT2D eigenvalue weighted by molar-refractivity contribution is 7.33. The number of thiophene rings is 2. The molecule has 10 aromatic rings. The summed E-state index contributed by atoms with van der Waals surface area (Å²) in [6, 6.07) is 60.6. The molecule has 0 unspecified atom stereocenters. The Labute approximate surface area is 508 Å². The Morgan fingerprint density at radius 3 is 1.56 bits per heavy atom. The van der Waals surface area contributed by atoms with Crippen LogP contribution in [0.4, 0.5) is 51.2 Å². The number of hydrogen-bond donors (Lipinski definition) is 0. The Kier molecular flexibility index (Phi) is 11.6. The molecule has 0 radical (unpaired) electrons. The van der Waals surface area contributed by atoms with Crippen LogP contribution in [0.15, 0.2) is 152 Å². The highest BCUT2D eigenvalue weighted by atomic mass is 32.1. The molecular weight excluding hydrogens is 1050 g/mol. The molecule has 424 valence electrons. The van der Waals surface area contributed by atoms with E-state index in [2.05, 4.69) is 282 Å². The van der Waals surface area contributed by atoms with E-state index in [1.807, 2.05) is 11.3 Å². The number of para-hydroxylation sites is 1. The van der Waals surface area contributed by atoms with Crippen molar-refractivity contribution in [1.82, 2.24) is 0 Å². The smallest absolute Gasteiger partial charge is 0.264 e. The quantitative estimate of drug-likeness (QED) is 0.159. The summed E-state index contributed by atoms with van der Waals surface area (Å²) >= 11 is 3.98. The zero-order chi connectivity index (χ0) is 58.6. The van der Waals surface area contributed by atoms with Gasteiger partial charge in [-0.3, -0.25) is 0 Å². The van der Waals surface area contributed by atoms with Gasteiger partial charge in [0.1, 0.15) is 0 Å². The SMILES string of the molecule is CC(C)(C)c1ccc(N2c3cc4c(cc3B3c5sc6cc7c(cc6c5N(c5ccc6c(c5)C(C)(C)CCC6(C)C)c5cc(N(c6ccccc6)c6ccc8c(c6)sc6ccccc68)cc2c53)C(C)(C)CCC7(C)C)C(C)(C)CCC4(C)C)cc1. The molecule has 3 nitrogen and oxygen atoms in total. The van der Waals surface area contributed by atoms with Crippen LogP contribution in [0.2, 0.25) is 0 Å². The third-order valence-electron chi connectivity index (χ3n) is 21.6. The fraction of sp³-hybridized carbons (Fsp3) is 0.359. The lowest BCUT2D eigenvalue weighted by Gasteiger charge is -2.47. The second-order valence-electron chi connectivity index (χ2n) is 30.9. The molecule has 0 amide bonds. The Balaban J connectivity index is 1.11. The first-order valence-electron chi connectivity index (χ1n) is 31.3. The van der Waals surface area contributed by atoms with E-state index in [1.165, 1.54) is 138 Å². The predicted octanol–water partition coefficient (Wildman–Crippen LogP) is 21.2. The number of anilines is 9. The van der Waals surface area contributed by atoms with Crippen molar-refractivity contribution in [2.45, 2.75) is 180 Å². The van der Waals surface area contributed by atoms with Gasteiger partial charge >= 0.3 is 0 Å². The van der Waals surface area contributed by atoms with E-state index in [9.17, 15) is 0 Å². The summed E-state index contributed by atoms with van der Waals surface area (Å²) in [6.07, 6.45) is 6.99. The summed E-state index contributed by atoms with van der Waals surface area (Å²) in [5.41, 5.74) is 24.4. The molecular formula is C78H82BN3S2. The average molecular weight is 1140 g/mol. The summed E-state index contributed by atoms with van der Waals surface area (Å²) in [5.74, 6) is 0. The second-order valence-corrected chi connectivity index (χ2v) is 33.1. The number of rotatable bonds is 5. The molecule has 0 saturated carbocycles. The van der Waals surface area contributed by atoms with Gasteiger partial charge in [0.2, 0.25) is 0 Å². The highest BCUT2D eigenvalue weighted by Gasteiger charge is 2.50. The zero-order valence-corrected chi connectivity index (χ0v) is 54.0. The van der Waals surface area contributed by atoms with Crippen LogP contribution in [-0.4, -0.2) is 6.71 Å². The van der Waals surface area contributed by atoms with Crippen LogP contribution in [0.3, 0.4) is 0 Å². The van der Waals surface area contributed by atoms with Gasteiger partial charge in [-0.05, 0) is 211 Å². The molecule has 0 bridgehead atoms. The summed E-state index contributed by atoms with van der Waals surface area (Å²) in [4.78, 5) is 8.05. The van der Waals surface area contributed by atoms with Gasteiger partial charge in [0.05, 0.1) is 11.4 Å². The molecule has 0 atom stereocenters. The number of hydrogen-bond acceptors (Lipinski definition) is 5. The predicted molar refractivity (Wildman–Crippen MR) is 368 cm³/mol. The molecule has 84 heavy (non-hydrogen) atoms. The van der Waals surface area contributed by atoms with E-state index in [4.69, 9.17) is 0 Å². The highest BCUT2D eigenvalue weighted by Crippen LogP contribution is 2.57. The summed E-state index contributed by atoms with van der Waals surface area (Å²) in [5, 5.41) is 4.01.